The molecule has 0 fully saturated rings. The molecular formula is C18H15Cl2N3O3S2. The standard InChI is InChI=1S/C18H15Cl2N3O3S2/c1-2-23-17(15-4-3-7-27-15)21-22-18(23)28-10-16(25)26-9-14(24)11-5-6-12(19)13(20)8-11/h3-8H,2,9-10H2,1H3. The number of carbonyl (C=O) groups is 2. The summed E-state index contributed by atoms with van der Waals surface area (Å²) in [7, 11) is 0. The Hall–Kier alpha value is -1.87. The number of nitrogens with zero attached hydrogens (tertiary/aromatic N) is 3. The second-order valence-corrected chi connectivity index (χ2v) is 8.23. The Bertz CT molecular complexity index is 990. The predicted octanol–water partition coefficient (Wildman–Crippen LogP) is 4.85. The molecule has 0 radical (unpaired) electrons. The first-order valence-electron chi connectivity index (χ1n) is 8.23. The van der Waals surface area contributed by atoms with Gasteiger partial charge in [0, 0.05) is 12.1 Å². The second-order valence-electron chi connectivity index (χ2n) is 5.53. The van der Waals surface area contributed by atoms with E-state index in [0.717, 1.165) is 10.7 Å². The first-order valence-corrected chi connectivity index (χ1v) is 10.9. The van der Waals surface area contributed by atoms with Gasteiger partial charge in [-0.3, -0.25) is 9.59 Å². The zero-order chi connectivity index (χ0) is 20.1. The minimum atomic E-state index is -0.512. The first kappa shape index (κ1) is 20.9. The second kappa shape index (κ2) is 9.56. The number of hydrogen-bond donors (Lipinski definition) is 0. The van der Waals surface area contributed by atoms with Crippen LogP contribution in [0.3, 0.4) is 0 Å². The lowest BCUT2D eigenvalue weighted by Crippen LogP contribution is -2.16. The summed E-state index contributed by atoms with van der Waals surface area (Å²) in [6, 6.07) is 8.43. The van der Waals surface area contributed by atoms with Gasteiger partial charge in [-0.25, -0.2) is 0 Å². The third kappa shape index (κ3) is 4.94. The SMILES string of the molecule is CCn1c(SCC(=O)OCC(=O)c2ccc(Cl)c(Cl)c2)nnc1-c1cccs1. The third-order valence-electron chi connectivity index (χ3n) is 3.70. The van der Waals surface area contributed by atoms with Crippen LogP contribution < -0.4 is 0 Å². The van der Waals surface area contributed by atoms with E-state index in [4.69, 9.17) is 27.9 Å². The van der Waals surface area contributed by atoms with Crippen LogP contribution >= 0.6 is 46.3 Å². The van der Waals surface area contributed by atoms with E-state index in [1.165, 1.54) is 30.0 Å². The molecule has 0 spiro atoms. The Morgan fingerprint density at radius 3 is 2.71 bits per heavy atom. The van der Waals surface area contributed by atoms with E-state index in [2.05, 4.69) is 10.2 Å². The van der Waals surface area contributed by atoms with Crippen molar-refractivity contribution in [3.05, 3.63) is 51.3 Å². The van der Waals surface area contributed by atoms with Crippen molar-refractivity contribution in [2.45, 2.75) is 18.6 Å². The molecule has 0 N–H and O–H groups in total. The molecule has 0 saturated carbocycles. The van der Waals surface area contributed by atoms with Crippen molar-refractivity contribution in [3.63, 3.8) is 0 Å². The molecule has 0 aliphatic heterocycles. The Kier molecular flexibility index (Phi) is 7.12. The van der Waals surface area contributed by atoms with Crippen molar-refractivity contribution in [2.75, 3.05) is 12.4 Å². The van der Waals surface area contributed by atoms with Crippen molar-refractivity contribution < 1.29 is 14.3 Å². The van der Waals surface area contributed by atoms with Gasteiger partial charge < -0.3 is 9.30 Å². The third-order valence-corrected chi connectivity index (χ3v) is 6.24. The molecule has 28 heavy (non-hydrogen) atoms. The maximum absolute atomic E-state index is 12.1. The molecule has 146 valence electrons. The Morgan fingerprint density at radius 1 is 1.21 bits per heavy atom. The summed E-state index contributed by atoms with van der Waals surface area (Å²) < 4.78 is 7.00. The Balaban J connectivity index is 1.54. The van der Waals surface area contributed by atoms with Gasteiger partial charge in [0.25, 0.3) is 0 Å². The first-order chi connectivity index (χ1) is 13.5. The van der Waals surface area contributed by atoms with Gasteiger partial charge in [0.1, 0.15) is 0 Å². The zero-order valence-corrected chi connectivity index (χ0v) is 17.9. The van der Waals surface area contributed by atoms with Crippen LogP contribution in [-0.4, -0.2) is 38.9 Å². The lowest BCUT2D eigenvalue weighted by atomic mass is 10.1. The molecule has 0 saturated heterocycles. The smallest absolute Gasteiger partial charge is 0.316 e. The zero-order valence-electron chi connectivity index (χ0n) is 14.7. The largest absolute Gasteiger partial charge is 0.457 e. The van der Waals surface area contributed by atoms with E-state index in [0.29, 0.717) is 22.3 Å². The number of aromatic nitrogens is 3. The van der Waals surface area contributed by atoms with Gasteiger partial charge in [-0.15, -0.1) is 21.5 Å². The minimum absolute atomic E-state index is 0.0250. The monoisotopic (exact) mass is 455 g/mol. The topological polar surface area (TPSA) is 74.1 Å². The normalized spacial score (nSPS) is 10.8. The van der Waals surface area contributed by atoms with Crippen LogP contribution in [0.1, 0.15) is 17.3 Å². The fraction of sp³-hybridized carbons (Fsp3) is 0.222. The number of halogens is 2. The Morgan fingerprint density at radius 2 is 2.04 bits per heavy atom. The van der Waals surface area contributed by atoms with Crippen molar-refractivity contribution in [3.8, 4) is 10.7 Å². The number of benzene rings is 1. The van der Waals surface area contributed by atoms with E-state index in [-0.39, 0.29) is 23.2 Å². The summed E-state index contributed by atoms with van der Waals surface area (Å²) >= 11 is 14.5. The highest BCUT2D eigenvalue weighted by molar-refractivity contribution is 7.99. The molecular weight excluding hydrogens is 441 g/mol. The van der Waals surface area contributed by atoms with Crippen LogP contribution in [0.5, 0.6) is 0 Å². The van der Waals surface area contributed by atoms with Gasteiger partial charge in [0.15, 0.2) is 23.4 Å². The van der Waals surface area contributed by atoms with E-state index >= 15 is 0 Å². The predicted molar refractivity (Wildman–Crippen MR) is 111 cm³/mol. The molecule has 3 aromatic rings. The molecule has 2 aromatic heterocycles. The van der Waals surface area contributed by atoms with Crippen molar-refractivity contribution in [2.24, 2.45) is 0 Å². The van der Waals surface area contributed by atoms with Gasteiger partial charge >= 0.3 is 5.97 Å². The molecule has 0 amide bonds. The van der Waals surface area contributed by atoms with Crippen molar-refractivity contribution >= 4 is 58.1 Å². The van der Waals surface area contributed by atoms with Crippen LogP contribution in [0, 0.1) is 0 Å². The summed E-state index contributed by atoms with van der Waals surface area (Å²) in [6.45, 7) is 2.30. The number of rotatable bonds is 8. The van der Waals surface area contributed by atoms with Crippen LogP contribution in [0.2, 0.25) is 10.0 Å². The highest BCUT2D eigenvalue weighted by Gasteiger charge is 2.16. The molecule has 3 rings (SSSR count). The molecule has 0 aliphatic rings. The summed E-state index contributed by atoms with van der Waals surface area (Å²) in [5.74, 6) is -0.0736. The fourth-order valence-electron chi connectivity index (χ4n) is 2.33. The van der Waals surface area contributed by atoms with E-state index in [1.807, 2.05) is 29.0 Å². The molecule has 2 heterocycles. The number of carbonyl (C=O) groups excluding carboxylic acids is 2. The van der Waals surface area contributed by atoms with Gasteiger partial charge in [-0.2, -0.15) is 0 Å². The summed E-state index contributed by atoms with van der Waals surface area (Å²) in [5, 5.41) is 11.6. The number of hydrogen-bond acceptors (Lipinski definition) is 7. The van der Waals surface area contributed by atoms with Gasteiger partial charge in [-0.1, -0.05) is 41.0 Å². The lowest BCUT2D eigenvalue weighted by molar-refractivity contribution is -0.139. The number of ether oxygens (including phenoxy) is 1. The number of ketones is 1. The lowest BCUT2D eigenvalue weighted by Gasteiger charge is -2.07. The number of esters is 1. The van der Waals surface area contributed by atoms with Gasteiger partial charge in [0.05, 0.1) is 20.7 Å². The Labute approximate surface area is 179 Å². The van der Waals surface area contributed by atoms with Gasteiger partial charge in [-0.05, 0) is 36.6 Å². The highest BCUT2D eigenvalue weighted by atomic mass is 35.5. The average molecular weight is 456 g/mol. The number of Topliss-reactive ketones (excluding diaryl/α,β-unsaturated/α-hetero) is 1. The average Bonchev–Trinajstić information content (AvgIpc) is 3.35. The van der Waals surface area contributed by atoms with E-state index < -0.39 is 5.97 Å². The van der Waals surface area contributed by atoms with Crippen LogP contribution in [-0.2, 0) is 16.1 Å². The summed E-state index contributed by atoms with van der Waals surface area (Å²) in [5.41, 5.74) is 0.334. The summed E-state index contributed by atoms with van der Waals surface area (Å²) in [6.07, 6.45) is 0. The van der Waals surface area contributed by atoms with E-state index in [1.54, 1.807) is 11.3 Å². The fourth-order valence-corrected chi connectivity index (χ4v) is 4.15. The number of thiophene rings is 1. The molecule has 10 heteroatoms. The van der Waals surface area contributed by atoms with E-state index in [9.17, 15) is 9.59 Å². The molecule has 0 aliphatic carbocycles. The molecule has 1 aromatic carbocycles. The maximum Gasteiger partial charge on any atom is 0.316 e. The van der Waals surface area contributed by atoms with Crippen LogP contribution in [0.4, 0.5) is 0 Å². The molecule has 0 atom stereocenters. The molecule has 0 bridgehead atoms. The summed E-state index contributed by atoms with van der Waals surface area (Å²) in [4.78, 5) is 25.1. The number of thioether (sulfide) groups is 1. The quantitative estimate of drug-likeness (QED) is 0.274. The highest BCUT2D eigenvalue weighted by Crippen LogP contribution is 2.27. The molecule has 6 nitrogen and oxygen atoms in total. The van der Waals surface area contributed by atoms with Crippen molar-refractivity contribution in [1.29, 1.82) is 0 Å². The van der Waals surface area contributed by atoms with Crippen LogP contribution in [0.15, 0.2) is 40.9 Å². The van der Waals surface area contributed by atoms with Crippen molar-refractivity contribution in [1.82, 2.24) is 14.8 Å². The maximum atomic E-state index is 12.1. The molecule has 0 unspecified atom stereocenters. The minimum Gasteiger partial charge on any atom is -0.457 e. The van der Waals surface area contributed by atoms with Crippen LogP contribution in [0.25, 0.3) is 10.7 Å². The van der Waals surface area contributed by atoms with Gasteiger partial charge in [0.2, 0.25) is 0 Å².